The molecule has 0 aliphatic carbocycles. The maximum atomic E-state index is 13.2. The number of nitrogens with zero attached hydrogens (tertiary/aromatic N) is 6. The molecule has 0 aliphatic rings. The zero-order valence-corrected chi connectivity index (χ0v) is 20.4. The monoisotopic (exact) mass is 459 g/mol. The fourth-order valence-electron chi connectivity index (χ4n) is 3.96. The van der Waals surface area contributed by atoms with Crippen LogP contribution in [0.4, 0.5) is 0 Å². The highest BCUT2D eigenvalue weighted by atomic mass is 16.2. The summed E-state index contributed by atoms with van der Waals surface area (Å²) in [6.45, 7) is 9.90. The maximum absolute atomic E-state index is 13.2. The molecule has 178 valence electrons. The van der Waals surface area contributed by atoms with E-state index >= 15 is 0 Å². The third-order valence-corrected chi connectivity index (χ3v) is 6.00. The van der Waals surface area contributed by atoms with E-state index in [0.29, 0.717) is 30.7 Å². The van der Waals surface area contributed by atoms with Crippen LogP contribution in [0.5, 0.6) is 0 Å². The van der Waals surface area contributed by atoms with Crippen molar-refractivity contribution in [3.05, 3.63) is 70.4 Å². The number of hydrogen-bond donors (Lipinski definition) is 1. The van der Waals surface area contributed by atoms with Crippen LogP contribution in [0.3, 0.4) is 0 Å². The third-order valence-electron chi connectivity index (χ3n) is 6.00. The van der Waals surface area contributed by atoms with E-state index in [1.54, 1.807) is 4.68 Å². The van der Waals surface area contributed by atoms with Crippen LogP contribution in [0.25, 0.3) is 22.5 Å². The Bertz CT molecular complexity index is 1250. The van der Waals surface area contributed by atoms with Gasteiger partial charge < -0.3 is 0 Å². The number of nitrogens with one attached hydrogen (secondary N) is 1. The molecule has 0 saturated carbocycles. The smallest absolute Gasteiger partial charge is 0.274 e. The van der Waals surface area contributed by atoms with Gasteiger partial charge >= 0.3 is 5.69 Å². The molecule has 0 spiro atoms. The molecule has 0 unspecified atom stereocenters. The van der Waals surface area contributed by atoms with Crippen LogP contribution in [-0.4, -0.2) is 35.0 Å². The zero-order chi connectivity index (χ0) is 24.1. The summed E-state index contributed by atoms with van der Waals surface area (Å²) in [6, 6.07) is 16.3. The first-order valence-electron chi connectivity index (χ1n) is 12.0. The molecule has 8 nitrogen and oxygen atoms in total. The topological polar surface area (TPSA) is 94.3 Å². The van der Waals surface area contributed by atoms with Gasteiger partial charge in [0.2, 0.25) is 0 Å². The normalized spacial score (nSPS) is 11.6. The number of aromatic amines is 1. The first-order chi connectivity index (χ1) is 16.4. The Kier molecular flexibility index (Phi) is 7.35. The number of aromatic nitrogens is 7. The summed E-state index contributed by atoms with van der Waals surface area (Å²) in [6.07, 6.45) is 2.75. The minimum absolute atomic E-state index is 0.0216. The largest absolute Gasteiger partial charge is 0.346 e. The fraction of sp³-hybridized carbons (Fsp3) is 0.423. The van der Waals surface area contributed by atoms with Crippen LogP contribution in [-0.2, 0) is 19.5 Å². The van der Waals surface area contributed by atoms with Crippen molar-refractivity contribution in [3.63, 3.8) is 0 Å². The van der Waals surface area contributed by atoms with E-state index in [1.165, 1.54) is 0 Å². The number of benzene rings is 2. The van der Waals surface area contributed by atoms with Crippen LogP contribution in [0.15, 0.2) is 53.3 Å². The van der Waals surface area contributed by atoms with E-state index in [-0.39, 0.29) is 5.69 Å². The number of H-pyrrole nitrogens is 1. The lowest BCUT2D eigenvalue weighted by Crippen LogP contribution is -2.26. The van der Waals surface area contributed by atoms with E-state index < -0.39 is 0 Å². The van der Waals surface area contributed by atoms with Crippen LogP contribution in [0.2, 0.25) is 0 Å². The van der Waals surface area contributed by atoms with Gasteiger partial charge in [0.05, 0.1) is 6.54 Å². The van der Waals surface area contributed by atoms with Crippen molar-refractivity contribution in [2.24, 2.45) is 11.8 Å². The minimum atomic E-state index is -0.0216. The van der Waals surface area contributed by atoms with E-state index in [2.05, 4.69) is 78.7 Å². The highest BCUT2D eigenvalue weighted by Crippen LogP contribution is 2.29. The fourth-order valence-corrected chi connectivity index (χ4v) is 3.96. The molecule has 2 aromatic carbocycles. The van der Waals surface area contributed by atoms with E-state index in [9.17, 15) is 4.79 Å². The Morgan fingerprint density at radius 3 is 2.26 bits per heavy atom. The Balaban J connectivity index is 1.60. The third kappa shape index (κ3) is 5.50. The van der Waals surface area contributed by atoms with Gasteiger partial charge in [0.25, 0.3) is 0 Å². The summed E-state index contributed by atoms with van der Waals surface area (Å²) in [7, 11) is 0. The lowest BCUT2D eigenvalue weighted by Gasteiger charge is -2.10. The number of rotatable bonds is 10. The van der Waals surface area contributed by atoms with Crippen molar-refractivity contribution in [2.45, 2.75) is 60.0 Å². The molecule has 4 aromatic rings. The molecule has 1 N–H and O–H groups in total. The van der Waals surface area contributed by atoms with Gasteiger partial charge in [-0.2, -0.15) is 5.10 Å². The molecule has 0 atom stereocenters. The summed E-state index contributed by atoms with van der Waals surface area (Å²) in [5, 5.41) is 19.0. The molecule has 0 aliphatic heterocycles. The number of tetrazole rings is 1. The Hall–Kier alpha value is -3.55. The van der Waals surface area contributed by atoms with Gasteiger partial charge in [0.1, 0.15) is 5.82 Å². The second kappa shape index (κ2) is 10.6. The summed E-state index contributed by atoms with van der Waals surface area (Å²) in [5.74, 6) is 2.59. The van der Waals surface area contributed by atoms with Gasteiger partial charge in [-0.05, 0) is 51.8 Å². The van der Waals surface area contributed by atoms with Crippen LogP contribution in [0, 0.1) is 11.8 Å². The highest BCUT2D eigenvalue weighted by molar-refractivity contribution is 5.80. The molecule has 2 heterocycles. The molecule has 4 rings (SSSR count). The van der Waals surface area contributed by atoms with Crippen LogP contribution < -0.4 is 5.69 Å². The summed E-state index contributed by atoms with van der Waals surface area (Å²) in [4.78, 5) is 13.2. The maximum Gasteiger partial charge on any atom is 0.346 e. The second-order valence-corrected chi connectivity index (χ2v) is 9.62. The quantitative estimate of drug-likeness (QED) is 0.375. The Morgan fingerprint density at radius 1 is 0.912 bits per heavy atom. The van der Waals surface area contributed by atoms with E-state index in [0.717, 1.165) is 47.3 Å². The van der Waals surface area contributed by atoms with Crippen molar-refractivity contribution in [2.75, 3.05) is 0 Å². The Labute approximate surface area is 200 Å². The molecular formula is C26H33N7O. The molecule has 0 amide bonds. The van der Waals surface area contributed by atoms with Gasteiger partial charge in [0, 0.05) is 18.5 Å². The Morgan fingerprint density at radius 2 is 1.62 bits per heavy atom. The van der Waals surface area contributed by atoms with Gasteiger partial charge in [-0.1, -0.05) is 76.2 Å². The lowest BCUT2D eigenvalue weighted by molar-refractivity contribution is 0.472. The first kappa shape index (κ1) is 23.6. The van der Waals surface area contributed by atoms with E-state index in [1.807, 2.05) is 22.8 Å². The summed E-state index contributed by atoms with van der Waals surface area (Å²) in [5.41, 5.74) is 4.10. The molecule has 2 aromatic heterocycles. The van der Waals surface area contributed by atoms with Gasteiger partial charge in [-0.25, -0.2) is 14.6 Å². The summed E-state index contributed by atoms with van der Waals surface area (Å²) < 4.78 is 3.48. The van der Waals surface area contributed by atoms with Crippen molar-refractivity contribution in [1.82, 2.24) is 35.0 Å². The molecule has 0 saturated heterocycles. The van der Waals surface area contributed by atoms with Crippen LogP contribution in [0.1, 0.15) is 51.9 Å². The van der Waals surface area contributed by atoms with Crippen molar-refractivity contribution >= 4 is 0 Å². The van der Waals surface area contributed by atoms with Crippen molar-refractivity contribution in [1.29, 1.82) is 0 Å². The second-order valence-electron chi connectivity index (χ2n) is 9.62. The van der Waals surface area contributed by atoms with Gasteiger partial charge in [0.15, 0.2) is 5.82 Å². The predicted octanol–water partition coefficient (Wildman–Crippen LogP) is 4.57. The van der Waals surface area contributed by atoms with Crippen molar-refractivity contribution in [3.8, 4) is 22.5 Å². The van der Waals surface area contributed by atoms with E-state index in [4.69, 9.17) is 5.10 Å². The molecule has 8 heteroatoms. The minimum Gasteiger partial charge on any atom is -0.274 e. The highest BCUT2D eigenvalue weighted by Gasteiger charge is 2.15. The zero-order valence-electron chi connectivity index (χ0n) is 20.4. The first-order valence-corrected chi connectivity index (χ1v) is 12.0. The lowest BCUT2D eigenvalue weighted by atomic mass is 9.98. The predicted molar refractivity (Wildman–Crippen MR) is 133 cm³/mol. The van der Waals surface area contributed by atoms with Crippen molar-refractivity contribution < 1.29 is 0 Å². The molecule has 0 fully saturated rings. The standard InChI is InChI=1S/C26H33N7O/c1-18(2)9-14-24-29-33(16-15-19(3)4)26(34)32(24)17-20-10-12-21(13-11-20)22-7-5-6-8-23(22)25-27-30-31-28-25/h5-8,10-13,18-19H,9,14-17H2,1-4H3,(H,27,28,30,31). The number of aryl methyl sites for hydroxylation is 2. The number of hydrogen-bond acceptors (Lipinski definition) is 5. The van der Waals surface area contributed by atoms with Gasteiger partial charge in [-0.3, -0.25) is 4.57 Å². The molecule has 0 radical (unpaired) electrons. The van der Waals surface area contributed by atoms with Gasteiger partial charge in [-0.15, -0.1) is 5.10 Å². The summed E-state index contributed by atoms with van der Waals surface area (Å²) >= 11 is 0. The average molecular weight is 460 g/mol. The SMILES string of the molecule is CC(C)CCc1nn(CCC(C)C)c(=O)n1Cc1ccc(-c2ccccc2-c2nnn[nH]2)cc1. The molecular weight excluding hydrogens is 426 g/mol. The average Bonchev–Trinajstić information content (AvgIpc) is 3.46. The molecule has 34 heavy (non-hydrogen) atoms. The van der Waals surface area contributed by atoms with Crippen LogP contribution >= 0.6 is 0 Å². The molecule has 0 bridgehead atoms.